The lowest BCUT2D eigenvalue weighted by molar-refractivity contribution is -0.384. The number of hydrogen-bond donors (Lipinski definition) is 0. The number of carbonyl (C=O) groups is 1. The van der Waals surface area contributed by atoms with Gasteiger partial charge in [0.15, 0.2) is 0 Å². The fourth-order valence-electron chi connectivity index (χ4n) is 1.89. The lowest BCUT2D eigenvalue weighted by Gasteiger charge is -2.20. The molecule has 25 heavy (non-hydrogen) atoms. The molecule has 0 aliphatic rings. The molecule has 132 valence electrons. The fourth-order valence-corrected chi connectivity index (χ4v) is 2.24. The average molecular weight is 412 g/mol. The smallest absolute Gasteiger partial charge is 0.342 e. The van der Waals surface area contributed by atoms with Crippen LogP contribution in [0.1, 0.15) is 31.1 Å². The molecular formula is C17H15BrFNO5. The topological polar surface area (TPSA) is 78.7 Å². The standard InChI is InChI=1S/C17H15BrFNO5/c1-17(2,3)25-16(21)11-9-10(20(22)23)7-8-13(11)24-14-6-4-5-12(19)15(14)18/h4-9H,1-3H3. The summed E-state index contributed by atoms with van der Waals surface area (Å²) in [5.74, 6) is -1.18. The first kappa shape index (κ1) is 18.9. The van der Waals surface area contributed by atoms with Gasteiger partial charge in [-0.3, -0.25) is 10.1 Å². The van der Waals surface area contributed by atoms with E-state index >= 15 is 0 Å². The summed E-state index contributed by atoms with van der Waals surface area (Å²) in [6.45, 7) is 5.02. The molecule has 2 aromatic carbocycles. The second kappa shape index (κ2) is 7.18. The minimum absolute atomic E-state index is 0.0196. The van der Waals surface area contributed by atoms with Gasteiger partial charge in [-0.1, -0.05) is 6.07 Å². The Labute approximate surface area is 151 Å². The predicted octanol–water partition coefficient (Wildman–Crippen LogP) is 5.24. The van der Waals surface area contributed by atoms with E-state index in [-0.39, 0.29) is 27.2 Å². The first-order valence-electron chi connectivity index (χ1n) is 7.22. The molecule has 0 heterocycles. The first-order chi connectivity index (χ1) is 11.6. The van der Waals surface area contributed by atoms with Crippen molar-refractivity contribution in [3.05, 3.63) is 62.4 Å². The van der Waals surface area contributed by atoms with Crippen LogP contribution in [0.4, 0.5) is 10.1 Å². The Morgan fingerprint density at radius 2 is 1.88 bits per heavy atom. The molecule has 0 spiro atoms. The maximum atomic E-state index is 13.6. The minimum Gasteiger partial charge on any atom is -0.456 e. The quantitative estimate of drug-likeness (QED) is 0.390. The third-order valence-electron chi connectivity index (χ3n) is 2.93. The summed E-state index contributed by atoms with van der Waals surface area (Å²) in [5, 5.41) is 11.0. The van der Waals surface area contributed by atoms with Crippen LogP contribution in [0.25, 0.3) is 0 Å². The molecule has 0 saturated carbocycles. The molecule has 0 radical (unpaired) electrons. The number of nitrogens with zero attached hydrogens (tertiary/aromatic N) is 1. The number of carbonyl (C=O) groups excluding carboxylic acids is 1. The van der Waals surface area contributed by atoms with Gasteiger partial charge in [-0.2, -0.15) is 0 Å². The van der Waals surface area contributed by atoms with Crippen LogP contribution >= 0.6 is 15.9 Å². The van der Waals surface area contributed by atoms with Crippen molar-refractivity contribution < 1.29 is 23.6 Å². The zero-order chi connectivity index (χ0) is 18.8. The molecule has 0 saturated heterocycles. The summed E-state index contributed by atoms with van der Waals surface area (Å²) in [6.07, 6.45) is 0. The summed E-state index contributed by atoms with van der Waals surface area (Å²) >= 11 is 3.06. The Balaban J connectivity index is 2.47. The van der Waals surface area contributed by atoms with Crippen LogP contribution in [0.15, 0.2) is 40.9 Å². The molecule has 0 aliphatic carbocycles. The highest BCUT2D eigenvalue weighted by atomic mass is 79.9. The average Bonchev–Trinajstić information content (AvgIpc) is 2.50. The second-order valence-electron chi connectivity index (χ2n) is 6.09. The maximum absolute atomic E-state index is 13.6. The SMILES string of the molecule is CC(C)(C)OC(=O)c1cc([N+](=O)[O-])ccc1Oc1cccc(F)c1Br. The zero-order valence-corrected chi connectivity index (χ0v) is 15.3. The molecule has 0 bridgehead atoms. The van der Waals surface area contributed by atoms with E-state index in [1.54, 1.807) is 20.8 Å². The number of halogens is 2. The molecular weight excluding hydrogens is 397 g/mol. The van der Waals surface area contributed by atoms with E-state index in [0.717, 1.165) is 6.07 Å². The van der Waals surface area contributed by atoms with Crippen molar-refractivity contribution in [1.82, 2.24) is 0 Å². The van der Waals surface area contributed by atoms with Gasteiger partial charge in [0.2, 0.25) is 0 Å². The minimum atomic E-state index is -0.793. The fraction of sp³-hybridized carbons (Fsp3) is 0.235. The lowest BCUT2D eigenvalue weighted by Crippen LogP contribution is -2.24. The van der Waals surface area contributed by atoms with E-state index in [1.807, 2.05) is 0 Å². The Bertz CT molecular complexity index is 832. The van der Waals surface area contributed by atoms with E-state index in [4.69, 9.17) is 9.47 Å². The second-order valence-corrected chi connectivity index (χ2v) is 6.89. The van der Waals surface area contributed by atoms with Gasteiger partial charge in [0.05, 0.1) is 9.40 Å². The largest absolute Gasteiger partial charge is 0.456 e. The van der Waals surface area contributed by atoms with Crippen molar-refractivity contribution in [3.63, 3.8) is 0 Å². The number of esters is 1. The first-order valence-corrected chi connectivity index (χ1v) is 8.01. The molecule has 6 nitrogen and oxygen atoms in total. The summed E-state index contributed by atoms with van der Waals surface area (Å²) < 4.78 is 24.5. The van der Waals surface area contributed by atoms with Gasteiger partial charge in [0, 0.05) is 12.1 Å². The van der Waals surface area contributed by atoms with Crippen molar-refractivity contribution in [2.75, 3.05) is 0 Å². The maximum Gasteiger partial charge on any atom is 0.342 e. The molecule has 0 aromatic heterocycles. The molecule has 0 unspecified atom stereocenters. The van der Waals surface area contributed by atoms with Gasteiger partial charge < -0.3 is 9.47 Å². The van der Waals surface area contributed by atoms with Gasteiger partial charge in [0.25, 0.3) is 5.69 Å². The number of ether oxygens (including phenoxy) is 2. The number of nitro groups is 1. The molecule has 2 rings (SSSR count). The Hall–Kier alpha value is -2.48. The van der Waals surface area contributed by atoms with Crippen molar-refractivity contribution in [2.24, 2.45) is 0 Å². The Morgan fingerprint density at radius 3 is 2.48 bits per heavy atom. The summed E-state index contributed by atoms with van der Waals surface area (Å²) in [5.41, 5.74) is -1.20. The van der Waals surface area contributed by atoms with Crippen LogP contribution in [0.3, 0.4) is 0 Å². The van der Waals surface area contributed by atoms with E-state index in [1.165, 1.54) is 30.3 Å². The van der Waals surface area contributed by atoms with Gasteiger partial charge in [-0.15, -0.1) is 0 Å². The molecule has 0 fully saturated rings. The van der Waals surface area contributed by atoms with Crippen LogP contribution in [0, 0.1) is 15.9 Å². The van der Waals surface area contributed by atoms with Gasteiger partial charge >= 0.3 is 5.97 Å². The molecule has 8 heteroatoms. The van der Waals surface area contributed by atoms with Crippen LogP contribution < -0.4 is 4.74 Å². The normalized spacial score (nSPS) is 11.1. The molecule has 0 amide bonds. The highest BCUT2D eigenvalue weighted by Gasteiger charge is 2.24. The van der Waals surface area contributed by atoms with Crippen molar-refractivity contribution >= 4 is 27.6 Å². The van der Waals surface area contributed by atoms with Crippen LogP contribution in [0.5, 0.6) is 11.5 Å². The third kappa shape index (κ3) is 4.76. The Kier molecular flexibility index (Phi) is 5.42. The summed E-state index contributed by atoms with van der Waals surface area (Å²) in [6, 6.07) is 7.70. The summed E-state index contributed by atoms with van der Waals surface area (Å²) in [7, 11) is 0. The monoisotopic (exact) mass is 411 g/mol. The number of non-ortho nitro benzene ring substituents is 1. The molecule has 0 aliphatic heterocycles. The number of hydrogen-bond acceptors (Lipinski definition) is 5. The van der Waals surface area contributed by atoms with Crippen molar-refractivity contribution in [1.29, 1.82) is 0 Å². The number of benzene rings is 2. The van der Waals surface area contributed by atoms with E-state index in [9.17, 15) is 19.3 Å². The molecule has 2 aromatic rings. The van der Waals surface area contributed by atoms with Crippen LogP contribution in [0.2, 0.25) is 0 Å². The highest BCUT2D eigenvalue weighted by molar-refractivity contribution is 9.10. The predicted molar refractivity (Wildman–Crippen MR) is 92.4 cm³/mol. The van der Waals surface area contributed by atoms with Crippen LogP contribution in [-0.2, 0) is 4.74 Å². The number of rotatable bonds is 4. The zero-order valence-electron chi connectivity index (χ0n) is 13.7. The molecule has 0 N–H and O–H groups in total. The summed E-state index contributed by atoms with van der Waals surface area (Å²) in [4.78, 5) is 22.7. The molecule has 0 atom stereocenters. The van der Waals surface area contributed by atoms with Gasteiger partial charge in [0.1, 0.15) is 28.5 Å². The lowest BCUT2D eigenvalue weighted by atomic mass is 10.1. The van der Waals surface area contributed by atoms with E-state index in [0.29, 0.717) is 0 Å². The van der Waals surface area contributed by atoms with E-state index in [2.05, 4.69) is 15.9 Å². The van der Waals surface area contributed by atoms with Crippen LogP contribution in [-0.4, -0.2) is 16.5 Å². The van der Waals surface area contributed by atoms with Crippen molar-refractivity contribution in [2.45, 2.75) is 26.4 Å². The van der Waals surface area contributed by atoms with E-state index < -0.39 is 22.3 Å². The van der Waals surface area contributed by atoms with Gasteiger partial charge in [-0.05, 0) is 54.9 Å². The van der Waals surface area contributed by atoms with Crippen molar-refractivity contribution in [3.8, 4) is 11.5 Å². The number of nitro benzene ring substituents is 1. The third-order valence-corrected chi connectivity index (χ3v) is 3.70. The highest BCUT2D eigenvalue weighted by Crippen LogP contribution is 2.35. The Morgan fingerprint density at radius 1 is 1.20 bits per heavy atom. The van der Waals surface area contributed by atoms with Gasteiger partial charge in [-0.25, -0.2) is 9.18 Å².